The van der Waals surface area contributed by atoms with Gasteiger partial charge in [-0.1, -0.05) is 29.8 Å². The molecule has 0 amide bonds. The van der Waals surface area contributed by atoms with Crippen LogP contribution in [0.2, 0.25) is 5.02 Å². The molecule has 4 heteroatoms. The Labute approximate surface area is 121 Å². The van der Waals surface area contributed by atoms with E-state index in [2.05, 4.69) is 29.6 Å². The monoisotopic (exact) mass is 293 g/mol. The molecule has 0 saturated carbocycles. The van der Waals surface area contributed by atoms with E-state index >= 15 is 0 Å². The molecule has 0 aromatic heterocycles. The van der Waals surface area contributed by atoms with E-state index in [4.69, 9.17) is 11.6 Å². The Morgan fingerprint density at radius 1 is 1.26 bits per heavy atom. The second-order valence-electron chi connectivity index (χ2n) is 4.55. The van der Waals surface area contributed by atoms with Gasteiger partial charge < -0.3 is 5.32 Å². The van der Waals surface area contributed by atoms with E-state index in [0.717, 1.165) is 12.3 Å². The molecule has 0 saturated heterocycles. The molecule has 0 radical (unpaired) electrons. The predicted octanol–water partition coefficient (Wildman–Crippen LogP) is 4.78. The number of hydrogen-bond acceptors (Lipinski definition) is 2. The summed E-state index contributed by atoms with van der Waals surface area (Å²) in [7, 11) is 0. The number of halogens is 2. The summed E-state index contributed by atoms with van der Waals surface area (Å²) in [5.74, 6) is 1.19. The van der Waals surface area contributed by atoms with Gasteiger partial charge in [-0.15, -0.1) is 11.8 Å². The van der Waals surface area contributed by atoms with Gasteiger partial charge in [0.25, 0.3) is 0 Å². The van der Waals surface area contributed by atoms with Crippen LogP contribution in [0.4, 0.5) is 10.1 Å². The third-order valence-corrected chi connectivity index (χ3v) is 4.75. The predicted molar refractivity (Wildman–Crippen MR) is 79.8 cm³/mol. The fourth-order valence-electron chi connectivity index (χ4n) is 2.26. The molecule has 0 aliphatic carbocycles. The van der Waals surface area contributed by atoms with E-state index in [-0.39, 0.29) is 5.82 Å². The molecule has 1 heterocycles. The Morgan fingerprint density at radius 3 is 3.00 bits per heavy atom. The summed E-state index contributed by atoms with van der Waals surface area (Å²) in [5.41, 5.74) is 1.82. The molecule has 98 valence electrons. The Balaban J connectivity index is 1.72. The van der Waals surface area contributed by atoms with Gasteiger partial charge >= 0.3 is 0 Å². The smallest absolute Gasteiger partial charge is 0.146 e. The zero-order valence-corrected chi connectivity index (χ0v) is 11.8. The maximum absolute atomic E-state index is 13.6. The summed E-state index contributed by atoms with van der Waals surface area (Å²) in [5, 5.41) is 3.71. The van der Waals surface area contributed by atoms with E-state index in [1.807, 2.05) is 11.8 Å². The van der Waals surface area contributed by atoms with Crippen molar-refractivity contribution in [2.75, 3.05) is 17.6 Å². The summed E-state index contributed by atoms with van der Waals surface area (Å²) < 4.78 is 13.6. The maximum atomic E-state index is 13.6. The molecule has 1 nitrogen and oxygen atoms in total. The zero-order valence-electron chi connectivity index (χ0n) is 10.2. The average Bonchev–Trinajstić information content (AvgIpc) is 2.83. The molecule has 19 heavy (non-hydrogen) atoms. The van der Waals surface area contributed by atoms with Crippen LogP contribution in [0.5, 0.6) is 0 Å². The lowest BCUT2D eigenvalue weighted by Crippen LogP contribution is -2.13. The van der Waals surface area contributed by atoms with E-state index in [1.54, 1.807) is 12.1 Å². The minimum atomic E-state index is -0.261. The highest BCUT2D eigenvalue weighted by molar-refractivity contribution is 7.99. The fraction of sp³-hybridized carbons (Fsp3) is 0.200. The fourth-order valence-corrected chi connectivity index (χ4v) is 3.69. The number of hydrogen-bond donors (Lipinski definition) is 1. The standard InChI is InChI=1S/C15H13ClFNS/c16-11-5-6-13(17)14(7-11)18-8-10-9-19-15-4-2-1-3-12(10)15/h1-7,10,18H,8-9H2. The van der Waals surface area contributed by atoms with Crippen molar-refractivity contribution in [2.45, 2.75) is 10.8 Å². The number of rotatable bonds is 3. The first-order valence-corrected chi connectivity index (χ1v) is 7.51. The van der Waals surface area contributed by atoms with Crippen LogP contribution in [0.25, 0.3) is 0 Å². The molecule has 1 aliphatic heterocycles. The van der Waals surface area contributed by atoms with Gasteiger partial charge in [-0.25, -0.2) is 4.39 Å². The second kappa shape index (κ2) is 5.43. The Morgan fingerprint density at radius 2 is 2.11 bits per heavy atom. The molecule has 1 atom stereocenters. The third-order valence-electron chi connectivity index (χ3n) is 3.27. The molecule has 0 fully saturated rings. The summed E-state index contributed by atoms with van der Waals surface area (Å²) >= 11 is 7.74. The largest absolute Gasteiger partial charge is 0.382 e. The topological polar surface area (TPSA) is 12.0 Å². The van der Waals surface area contributed by atoms with Crippen molar-refractivity contribution in [1.29, 1.82) is 0 Å². The Kier molecular flexibility index (Phi) is 3.67. The van der Waals surface area contributed by atoms with E-state index in [0.29, 0.717) is 16.6 Å². The van der Waals surface area contributed by atoms with Crippen molar-refractivity contribution in [3.05, 3.63) is 58.9 Å². The summed E-state index contributed by atoms with van der Waals surface area (Å²) in [4.78, 5) is 1.33. The highest BCUT2D eigenvalue weighted by Gasteiger charge is 2.22. The van der Waals surface area contributed by atoms with Crippen LogP contribution in [-0.2, 0) is 0 Å². The van der Waals surface area contributed by atoms with E-state index in [1.165, 1.54) is 16.5 Å². The van der Waals surface area contributed by atoms with Gasteiger partial charge in [0.1, 0.15) is 5.82 Å². The number of thioether (sulfide) groups is 1. The van der Waals surface area contributed by atoms with Crippen molar-refractivity contribution in [2.24, 2.45) is 0 Å². The first-order valence-electron chi connectivity index (χ1n) is 6.14. The van der Waals surface area contributed by atoms with Crippen molar-refractivity contribution < 1.29 is 4.39 Å². The van der Waals surface area contributed by atoms with Gasteiger partial charge in [0.15, 0.2) is 0 Å². The third kappa shape index (κ3) is 2.72. The van der Waals surface area contributed by atoms with Gasteiger partial charge in [-0.05, 0) is 29.8 Å². The van der Waals surface area contributed by atoms with Crippen molar-refractivity contribution in [3.63, 3.8) is 0 Å². The Bertz CT molecular complexity index is 602. The molecule has 1 aliphatic rings. The van der Waals surface area contributed by atoms with Crippen LogP contribution in [0.1, 0.15) is 11.5 Å². The number of fused-ring (bicyclic) bond motifs is 1. The van der Waals surface area contributed by atoms with Gasteiger partial charge in [-0.3, -0.25) is 0 Å². The van der Waals surface area contributed by atoms with Gasteiger partial charge in [0.2, 0.25) is 0 Å². The van der Waals surface area contributed by atoms with Crippen LogP contribution in [0.3, 0.4) is 0 Å². The molecule has 0 spiro atoms. The first-order chi connectivity index (χ1) is 9.24. The first kappa shape index (κ1) is 12.8. The zero-order chi connectivity index (χ0) is 13.2. The lowest BCUT2D eigenvalue weighted by Gasteiger charge is -2.13. The number of anilines is 1. The van der Waals surface area contributed by atoms with Crippen molar-refractivity contribution >= 4 is 29.1 Å². The summed E-state index contributed by atoms with van der Waals surface area (Å²) in [6.45, 7) is 0.723. The van der Waals surface area contributed by atoms with E-state index < -0.39 is 0 Å². The highest BCUT2D eigenvalue weighted by atomic mass is 35.5. The quantitative estimate of drug-likeness (QED) is 0.874. The highest BCUT2D eigenvalue weighted by Crippen LogP contribution is 2.39. The molecule has 2 aromatic rings. The second-order valence-corrected chi connectivity index (χ2v) is 6.05. The number of nitrogens with one attached hydrogen (secondary N) is 1. The maximum Gasteiger partial charge on any atom is 0.146 e. The van der Waals surface area contributed by atoms with Gasteiger partial charge in [0.05, 0.1) is 5.69 Å². The summed E-state index contributed by atoms with van der Waals surface area (Å²) in [6.07, 6.45) is 0. The molecule has 2 aromatic carbocycles. The van der Waals surface area contributed by atoms with Crippen LogP contribution in [0, 0.1) is 5.82 Å². The van der Waals surface area contributed by atoms with Gasteiger partial charge in [0, 0.05) is 28.1 Å². The Hall–Kier alpha value is -1.19. The molecule has 0 bridgehead atoms. The minimum Gasteiger partial charge on any atom is -0.382 e. The minimum absolute atomic E-state index is 0.261. The molecular weight excluding hydrogens is 281 g/mol. The van der Waals surface area contributed by atoms with Crippen LogP contribution in [0.15, 0.2) is 47.4 Å². The summed E-state index contributed by atoms with van der Waals surface area (Å²) in [6, 6.07) is 13.0. The average molecular weight is 294 g/mol. The van der Waals surface area contributed by atoms with Crippen LogP contribution >= 0.6 is 23.4 Å². The molecule has 3 rings (SSSR count). The molecule has 1 N–H and O–H groups in total. The lowest BCUT2D eigenvalue weighted by atomic mass is 10.0. The van der Waals surface area contributed by atoms with Crippen LogP contribution < -0.4 is 5.32 Å². The van der Waals surface area contributed by atoms with E-state index in [9.17, 15) is 4.39 Å². The molecular formula is C15H13ClFNS. The SMILES string of the molecule is Fc1ccc(Cl)cc1NCC1CSc2ccccc21. The van der Waals surface area contributed by atoms with Crippen molar-refractivity contribution in [1.82, 2.24) is 0 Å². The van der Waals surface area contributed by atoms with Crippen molar-refractivity contribution in [3.8, 4) is 0 Å². The van der Waals surface area contributed by atoms with Gasteiger partial charge in [-0.2, -0.15) is 0 Å². The number of benzene rings is 2. The lowest BCUT2D eigenvalue weighted by molar-refractivity contribution is 0.629. The van der Waals surface area contributed by atoms with Crippen LogP contribution in [-0.4, -0.2) is 12.3 Å². The molecule has 1 unspecified atom stereocenters. The normalized spacial score (nSPS) is 17.3.